The topological polar surface area (TPSA) is 203 Å². The summed E-state index contributed by atoms with van der Waals surface area (Å²) in [5.41, 5.74) is 6.60. The van der Waals surface area contributed by atoms with Gasteiger partial charge in [0.25, 0.3) is 0 Å². The molecule has 212 valence electrons. The maximum Gasteiger partial charge on any atom is 0.328 e. The molecule has 2 aromatic rings. The van der Waals surface area contributed by atoms with Crippen LogP contribution in [0.1, 0.15) is 52.9 Å². The average molecular weight is 539 g/mol. The number of aromatic nitrogens is 4. The Kier molecular flexibility index (Phi) is 13.5. The van der Waals surface area contributed by atoms with E-state index in [1.807, 2.05) is 0 Å². The molecule has 0 radical (unpaired) electrons. The summed E-state index contributed by atoms with van der Waals surface area (Å²) in [6.45, 7) is 4.77. The van der Waals surface area contributed by atoms with Crippen LogP contribution in [0.5, 0.6) is 6.01 Å². The molecule has 0 aromatic carbocycles. The number of likely N-dealkylation sites (tertiary alicyclic amines) is 1. The lowest BCUT2D eigenvalue weighted by atomic mass is 10.2. The number of carbonyl (C=O) groups is 3. The molecule has 1 saturated heterocycles. The molecule has 3 rings (SSSR count). The molecule has 14 nitrogen and oxygen atoms in total. The number of anilines is 1. The first-order valence-corrected chi connectivity index (χ1v) is 12.0. The fraction of sp³-hybridized carbons (Fsp3) is 0.583. The average Bonchev–Trinajstić information content (AvgIpc) is 3.45. The first-order valence-electron chi connectivity index (χ1n) is 12.0. The van der Waals surface area contributed by atoms with Crippen LogP contribution in [0.25, 0.3) is 11.2 Å². The Morgan fingerprint density at radius 1 is 1.13 bits per heavy atom. The Morgan fingerprint density at radius 3 is 2.39 bits per heavy atom. The van der Waals surface area contributed by atoms with Gasteiger partial charge in [-0.1, -0.05) is 20.8 Å². The maximum atomic E-state index is 12.4. The van der Waals surface area contributed by atoms with Crippen molar-refractivity contribution in [3.8, 4) is 6.01 Å². The van der Waals surface area contributed by atoms with Gasteiger partial charge in [0.05, 0.1) is 13.7 Å². The molecule has 1 aliphatic heterocycles. The minimum Gasteiger partial charge on any atom is -0.478 e. The zero-order valence-electron chi connectivity index (χ0n) is 21.0. The molecule has 5 N–H and O–H groups in total. The van der Waals surface area contributed by atoms with Gasteiger partial charge in [-0.3, -0.25) is 14.3 Å². The van der Waals surface area contributed by atoms with Crippen LogP contribution >= 0.6 is 0 Å². The number of fused-ring (bicyclic) bond motifs is 1. The molecule has 1 fully saturated rings. The Morgan fingerprint density at radius 2 is 1.79 bits per heavy atom. The number of aryl methyl sites for hydroxylation is 1. The van der Waals surface area contributed by atoms with E-state index in [4.69, 9.17) is 25.4 Å². The van der Waals surface area contributed by atoms with E-state index in [-0.39, 0.29) is 37.0 Å². The Labute approximate surface area is 220 Å². The van der Waals surface area contributed by atoms with Crippen molar-refractivity contribution >= 4 is 34.9 Å². The van der Waals surface area contributed by atoms with Crippen LogP contribution < -0.4 is 16.2 Å². The van der Waals surface area contributed by atoms with E-state index in [0.29, 0.717) is 36.5 Å². The van der Waals surface area contributed by atoms with Gasteiger partial charge >= 0.3 is 29.6 Å². The lowest BCUT2D eigenvalue weighted by molar-refractivity contribution is -0.145. The van der Waals surface area contributed by atoms with Gasteiger partial charge in [0.1, 0.15) is 11.6 Å². The van der Waals surface area contributed by atoms with Crippen LogP contribution in [-0.4, -0.2) is 85.4 Å². The van der Waals surface area contributed by atoms with E-state index in [2.05, 4.69) is 26.8 Å². The van der Waals surface area contributed by atoms with Gasteiger partial charge in [-0.2, -0.15) is 9.97 Å². The third-order valence-electron chi connectivity index (χ3n) is 5.64. The SMILES string of the molecule is C.CCCCOc1nc(N)c2[nH]c(=O)n(CCCCN3CCC[C@H]3C(=O)OC)c2n1.O=C(O)/C=C/C(=O)O. The molecule has 0 saturated carbocycles. The first-order chi connectivity index (χ1) is 17.7. The maximum absolute atomic E-state index is 12.4. The fourth-order valence-corrected chi connectivity index (χ4v) is 3.83. The molecule has 1 aliphatic rings. The van der Waals surface area contributed by atoms with Crippen molar-refractivity contribution in [1.29, 1.82) is 0 Å². The molecule has 1 atom stereocenters. The highest BCUT2D eigenvalue weighted by molar-refractivity contribution is 5.89. The number of aromatic amines is 1. The Bertz CT molecular complexity index is 1140. The summed E-state index contributed by atoms with van der Waals surface area (Å²) in [6.07, 6.45) is 6.47. The molecular formula is C24H38N6O8. The van der Waals surface area contributed by atoms with Crippen molar-refractivity contribution in [3.63, 3.8) is 0 Å². The van der Waals surface area contributed by atoms with Gasteiger partial charge in [0.2, 0.25) is 0 Å². The second-order valence-electron chi connectivity index (χ2n) is 8.31. The fourth-order valence-electron chi connectivity index (χ4n) is 3.83. The van der Waals surface area contributed by atoms with Crippen LogP contribution in [0.4, 0.5) is 5.82 Å². The predicted molar refractivity (Wildman–Crippen MR) is 140 cm³/mol. The lowest BCUT2D eigenvalue weighted by Gasteiger charge is -2.22. The molecular weight excluding hydrogens is 500 g/mol. The Balaban J connectivity index is 0.000000699. The number of methoxy groups -OCH3 is 1. The summed E-state index contributed by atoms with van der Waals surface area (Å²) in [6, 6.07) is 0.0420. The molecule has 2 aromatic heterocycles. The van der Waals surface area contributed by atoms with Gasteiger partial charge in [0.15, 0.2) is 11.5 Å². The van der Waals surface area contributed by atoms with Gasteiger partial charge in [-0.05, 0) is 45.2 Å². The number of rotatable bonds is 12. The minimum atomic E-state index is -1.26. The van der Waals surface area contributed by atoms with Crippen molar-refractivity contribution < 1.29 is 34.1 Å². The summed E-state index contributed by atoms with van der Waals surface area (Å²) in [5, 5.41) is 15.6. The van der Waals surface area contributed by atoms with E-state index < -0.39 is 11.9 Å². The van der Waals surface area contributed by atoms with Crippen LogP contribution in [0.3, 0.4) is 0 Å². The summed E-state index contributed by atoms with van der Waals surface area (Å²) in [7, 11) is 1.43. The molecule has 0 bridgehead atoms. The molecule has 3 heterocycles. The van der Waals surface area contributed by atoms with Crippen LogP contribution in [0.2, 0.25) is 0 Å². The number of nitrogens with zero attached hydrogens (tertiary/aromatic N) is 4. The van der Waals surface area contributed by atoms with E-state index >= 15 is 0 Å². The van der Waals surface area contributed by atoms with Crippen molar-refractivity contribution in [3.05, 3.63) is 22.6 Å². The van der Waals surface area contributed by atoms with Crippen LogP contribution in [-0.2, 0) is 25.7 Å². The van der Waals surface area contributed by atoms with E-state index in [0.717, 1.165) is 51.6 Å². The number of H-pyrrole nitrogens is 1. The second-order valence-corrected chi connectivity index (χ2v) is 8.31. The smallest absolute Gasteiger partial charge is 0.328 e. The van der Waals surface area contributed by atoms with Crippen LogP contribution in [0.15, 0.2) is 16.9 Å². The number of nitrogens with one attached hydrogen (secondary N) is 1. The summed E-state index contributed by atoms with van der Waals surface area (Å²) >= 11 is 0. The number of ether oxygens (including phenoxy) is 2. The van der Waals surface area contributed by atoms with Crippen molar-refractivity contribution in [2.24, 2.45) is 0 Å². The molecule has 0 spiro atoms. The molecule has 14 heteroatoms. The number of nitrogen functional groups attached to an aromatic ring is 1. The second kappa shape index (κ2) is 16.0. The summed E-state index contributed by atoms with van der Waals surface area (Å²) < 4.78 is 12.0. The third-order valence-corrected chi connectivity index (χ3v) is 5.64. The summed E-state index contributed by atoms with van der Waals surface area (Å²) in [5.74, 6) is -2.48. The normalized spacial score (nSPS) is 15.1. The summed E-state index contributed by atoms with van der Waals surface area (Å²) in [4.78, 5) is 56.7. The zero-order chi connectivity index (χ0) is 27.4. The third kappa shape index (κ3) is 9.50. The van der Waals surface area contributed by atoms with E-state index in [1.165, 1.54) is 7.11 Å². The Hall–Kier alpha value is -3.94. The van der Waals surface area contributed by atoms with Crippen LogP contribution in [0, 0.1) is 0 Å². The molecule has 0 amide bonds. The lowest BCUT2D eigenvalue weighted by Crippen LogP contribution is -2.37. The van der Waals surface area contributed by atoms with Crippen molar-refractivity contribution in [1.82, 2.24) is 24.4 Å². The number of nitrogens with two attached hydrogens (primary N) is 1. The number of carboxylic acid groups (broad SMARTS) is 2. The van der Waals surface area contributed by atoms with Crippen molar-refractivity contribution in [2.45, 2.75) is 65.5 Å². The van der Waals surface area contributed by atoms with Gasteiger partial charge in [-0.15, -0.1) is 0 Å². The van der Waals surface area contributed by atoms with Gasteiger partial charge in [0, 0.05) is 18.7 Å². The largest absolute Gasteiger partial charge is 0.478 e. The number of carboxylic acids is 2. The van der Waals surface area contributed by atoms with E-state index in [9.17, 15) is 19.2 Å². The highest BCUT2D eigenvalue weighted by atomic mass is 16.5. The molecule has 38 heavy (non-hydrogen) atoms. The zero-order valence-corrected chi connectivity index (χ0v) is 21.0. The number of unbranched alkanes of at least 4 members (excludes halogenated alkanes) is 2. The van der Waals surface area contributed by atoms with Crippen molar-refractivity contribution in [2.75, 3.05) is 32.5 Å². The van der Waals surface area contributed by atoms with E-state index in [1.54, 1.807) is 4.57 Å². The van der Waals surface area contributed by atoms with Gasteiger partial charge < -0.3 is 30.4 Å². The quantitative estimate of drug-likeness (QED) is 0.173. The van der Waals surface area contributed by atoms with Gasteiger partial charge in [-0.25, -0.2) is 14.4 Å². The number of carbonyl (C=O) groups excluding carboxylic acids is 1. The number of aliphatic carboxylic acids is 2. The first kappa shape index (κ1) is 32.1. The number of imidazole rings is 1. The number of hydrogen-bond acceptors (Lipinski definition) is 10. The highest BCUT2D eigenvalue weighted by Crippen LogP contribution is 2.20. The number of esters is 1. The number of hydrogen-bond donors (Lipinski definition) is 4. The molecule has 0 unspecified atom stereocenters. The standard InChI is InChI=1S/C19H30N6O4.C4H4O4.CH4/c1-3-4-12-29-18-22-15(20)14-16(23-18)25(19(27)21-14)11-6-5-9-24-10-7-8-13(24)17(26)28-2;5-3(6)1-2-4(7)8;/h13H,3-12H2,1-2H3,(H,21,27)(H2,20,22,23);1-2H,(H,5,6)(H,7,8);1H4/b;2-1+;/t13-;;/m0../s1. The minimum absolute atomic E-state index is 0. The highest BCUT2D eigenvalue weighted by Gasteiger charge is 2.30. The molecule has 0 aliphatic carbocycles. The predicted octanol–water partition coefficient (Wildman–Crippen LogP) is 1.65. The monoisotopic (exact) mass is 538 g/mol.